The largest absolute Gasteiger partial charge is 0.316 e. The Labute approximate surface area is 70.6 Å². The maximum atomic E-state index is 10.3. The van der Waals surface area contributed by atoms with Crippen LogP contribution >= 0.6 is 0 Å². The van der Waals surface area contributed by atoms with Crippen molar-refractivity contribution in [2.24, 2.45) is 4.36 Å². The summed E-state index contributed by atoms with van der Waals surface area (Å²) in [4.78, 5) is 10.3. The number of hydrogen-bond acceptors (Lipinski definition) is 4. The summed E-state index contributed by atoms with van der Waals surface area (Å²) in [5.74, 6) is 0. The van der Waals surface area contributed by atoms with E-state index in [0.29, 0.717) is 6.29 Å². The molecule has 0 aromatic heterocycles. The first-order valence-corrected chi connectivity index (χ1v) is 4.12. The quantitative estimate of drug-likeness (QED) is 0.647. The van der Waals surface area contributed by atoms with Gasteiger partial charge in [-0.2, -0.15) is 8.42 Å². The fourth-order valence-corrected chi connectivity index (χ4v) is 1.08. The van der Waals surface area contributed by atoms with E-state index in [9.17, 15) is 13.2 Å². The van der Waals surface area contributed by atoms with Crippen LogP contribution in [0, 0.1) is 0 Å². The van der Waals surface area contributed by atoms with E-state index in [1.54, 1.807) is 12.1 Å². The Hall–Kier alpha value is -1.49. The van der Waals surface area contributed by atoms with Crippen LogP contribution in [0.5, 0.6) is 0 Å². The lowest BCUT2D eigenvalue weighted by Gasteiger charge is -1.91. The molecule has 0 saturated carbocycles. The smallest absolute Gasteiger partial charge is 0.298 e. The Bertz CT molecular complexity index is 414. The molecule has 4 nitrogen and oxygen atoms in total. The number of rotatable bonds is 2. The first-order chi connectivity index (χ1) is 5.74. The fraction of sp³-hybridized carbons (Fsp3) is 0. The van der Waals surface area contributed by atoms with Gasteiger partial charge in [-0.3, -0.25) is 4.79 Å². The minimum atomic E-state index is -2.51. The van der Waals surface area contributed by atoms with Gasteiger partial charge in [0.15, 0.2) is 6.29 Å². The Morgan fingerprint density at radius 3 is 2.50 bits per heavy atom. The molecular formula is C7H5NO3S. The molecule has 0 atom stereocenters. The van der Waals surface area contributed by atoms with Crippen molar-refractivity contribution in [2.45, 2.75) is 0 Å². The van der Waals surface area contributed by atoms with Crippen LogP contribution in [-0.2, 0) is 10.5 Å². The molecule has 1 aromatic rings. The molecule has 5 heteroatoms. The number of aldehydes is 1. The summed E-state index contributed by atoms with van der Waals surface area (Å²) < 4.78 is 23.5. The summed E-state index contributed by atoms with van der Waals surface area (Å²) in [5.41, 5.74) is 0.433. The lowest BCUT2D eigenvalue weighted by Crippen LogP contribution is -1.78. The molecule has 0 aliphatic carbocycles. The van der Waals surface area contributed by atoms with E-state index in [4.69, 9.17) is 0 Å². The van der Waals surface area contributed by atoms with Gasteiger partial charge in [0.2, 0.25) is 0 Å². The maximum Gasteiger partial charge on any atom is 0.316 e. The lowest BCUT2D eigenvalue weighted by molar-refractivity contribution is 0.112. The van der Waals surface area contributed by atoms with Gasteiger partial charge < -0.3 is 0 Å². The Balaban J connectivity index is 3.32. The molecule has 0 saturated heterocycles. The van der Waals surface area contributed by atoms with E-state index < -0.39 is 10.5 Å². The number of hydrogen-bond donors (Lipinski definition) is 0. The predicted molar refractivity (Wildman–Crippen MR) is 42.8 cm³/mol. The van der Waals surface area contributed by atoms with Crippen LogP contribution in [0.1, 0.15) is 10.4 Å². The maximum absolute atomic E-state index is 10.3. The van der Waals surface area contributed by atoms with Crippen molar-refractivity contribution in [1.82, 2.24) is 0 Å². The molecule has 0 N–H and O–H groups in total. The van der Waals surface area contributed by atoms with Crippen LogP contribution in [0.15, 0.2) is 28.6 Å². The number of carbonyl (C=O) groups excluding carboxylic acids is 1. The minimum absolute atomic E-state index is 0.167. The molecule has 0 radical (unpaired) electrons. The van der Waals surface area contributed by atoms with Gasteiger partial charge in [0, 0.05) is 5.56 Å². The molecule has 0 unspecified atom stereocenters. The van der Waals surface area contributed by atoms with Gasteiger partial charge in [-0.05, 0) is 12.1 Å². The molecule has 1 rings (SSSR count). The van der Waals surface area contributed by atoms with E-state index in [-0.39, 0.29) is 11.3 Å². The Kier molecular flexibility index (Phi) is 2.71. The summed E-state index contributed by atoms with van der Waals surface area (Å²) >= 11 is 0. The van der Waals surface area contributed by atoms with Crippen molar-refractivity contribution in [1.29, 1.82) is 0 Å². The normalized spacial score (nSPS) is 9.00. The van der Waals surface area contributed by atoms with Gasteiger partial charge in [-0.1, -0.05) is 12.1 Å². The molecule has 0 aliphatic heterocycles. The van der Waals surface area contributed by atoms with Gasteiger partial charge in [-0.25, -0.2) is 0 Å². The summed E-state index contributed by atoms with van der Waals surface area (Å²) in [6.45, 7) is 0. The van der Waals surface area contributed by atoms with Crippen molar-refractivity contribution >= 4 is 22.5 Å². The SMILES string of the molecule is O=Cc1ccccc1N=S(=O)=O. The van der Waals surface area contributed by atoms with Crippen molar-refractivity contribution in [2.75, 3.05) is 0 Å². The molecule has 0 heterocycles. The Morgan fingerprint density at radius 1 is 1.25 bits per heavy atom. The second-order valence-electron chi connectivity index (χ2n) is 1.99. The molecule has 0 aliphatic rings. The second-order valence-corrected chi connectivity index (χ2v) is 2.60. The van der Waals surface area contributed by atoms with Gasteiger partial charge in [-0.15, -0.1) is 4.36 Å². The molecule has 0 amide bonds. The van der Waals surface area contributed by atoms with Crippen LogP contribution in [0.25, 0.3) is 0 Å². The highest BCUT2D eigenvalue weighted by molar-refractivity contribution is 7.61. The third-order valence-electron chi connectivity index (χ3n) is 1.24. The zero-order chi connectivity index (χ0) is 8.97. The number of nitrogens with zero attached hydrogens (tertiary/aromatic N) is 1. The highest BCUT2D eigenvalue weighted by Crippen LogP contribution is 2.15. The van der Waals surface area contributed by atoms with E-state index in [2.05, 4.69) is 4.36 Å². The van der Waals surface area contributed by atoms with Crippen LogP contribution < -0.4 is 0 Å². The zero-order valence-corrected chi connectivity index (χ0v) is 6.78. The fourth-order valence-electron chi connectivity index (χ4n) is 0.751. The first kappa shape index (κ1) is 8.61. The number of benzene rings is 1. The van der Waals surface area contributed by atoms with Gasteiger partial charge >= 0.3 is 10.5 Å². The summed E-state index contributed by atoms with van der Waals surface area (Å²) in [6, 6.07) is 6.20. The lowest BCUT2D eigenvalue weighted by atomic mass is 10.2. The summed E-state index contributed by atoms with van der Waals surface area (Å²) in [6.07, 6.45) is 0.561. The number of carbonyl (C=O) groups is 1. The third-order valence-corrected chi connectivity index (χ3v) is 1.58. The van der Waals surface area contributed by atoms with E-state index in [1.807, 2.05) is 0 Å². The average molecular weight is 183 g/mol. The predicted octanol–water partition coefficient (Wildman–Crippen LogP) is 1.19. The van der Waals surface area contributed by atoms with E-state index >= 15 is 0 Å². The average Bonchev–Trinajstić information content (AvgIpc) is 2.04. The second kappa shape index (κ2) is 3.77. The van der Waals surface area contributed by atoms with Crippen molar-refractivity contribution < 1.29 is 13.2 Å². The van der Waals surface area contributed by atoms with E-state index in [0.717, 1.165) is 0 Å². The van der Waals surface area contributed by atoms with E-state index in [1.165, 1.54) is 12.1 Å². The van der Waals surface area contributed by atoms with Crippen LogP contribution in [0.3, 0.4) is 0 Å². The molecule has 12 heavy (non-hydrogen) atoms. The third kappa shape index (κ3) is 2.00. The first-order valence-electron chi connectivity index (χ1n) is 3.09. The van der Waals surface area contributed by atoms with Crippen molar-refractivity contribution in [3.8, 4) is 0 Å². The molecule has 0 fully saturated rings. The molecular weight excluding hydrogens is 178 g/mol. The highest BCUT2D eigenvalue weighted by Gasteiger charge is 1.97. The zero-order valence-electron chi connectivity index (χ0n) is 5.97. The Morgan fingerprint density at radius 2 is 1.92 bits per heavy atom. The highest BCUT2D eigenvalue weighted by atomic mass is 32.2. The van der Waals surface area contributed by atoms with Crippen LogP contribution in [-0.4, -0.2) is 14.7 Å². The monoisotopic (exact) mass is 183 g/mol. The van der Waals surface area contributed by atoms with Gasteiger partial charge in [0.05, 0.1) is 5.69 Å². The van der Waals surface area contributed by atoms with Crippen molar-refractivity contribution in [3.63, 3.8) is 0 Å². The van der Waals surface area contributed by atoms with Crippen LogP contribution in [0.2, 0.25) is 0 Å². The standard InChI is InChI=1S/C7H5NO3S/c9-5-6-3-1-2-4-7(6)8-12(10)11/h1-5H. The molecule has 62 valence electrons. The van der Waals surface area contributed by atoms with Gasteiger partial charge in [0.1, 0.15) is 0 Å². The van der Waals surface area contributed by atoms with Crippen LogP contribution in [0.4, 0.5) is 5.69 Å². The summed E-state index contributed by atoms with van der Waals surface area (Å²) in [5, 5.41) is 0. The molecule has 1 aromatic carbocycles. The topological polar surface area (TPSA) is 63.6 Å². The van der Waals surface area contributed by atoms with Crippen molar-refractivity contribution in [3.05, 3.63) is 29.8 Å². The van der Waals surface area contributed by atoms with Gasteiger partial charge in [0.25, 0.3) is 0 Å². The summed E-state index contributed by atoms with van der Waals surface area (Å²) in [7, 11) is -2.51. The molecule has 0 bridgehead atoms. The molecule has 0 spiro atoms. The minimum Gasteiger partial charge on any atom is -0.298 e.